The third kappa shape index (κ3) is 5.39. The van der Waals surface area contributed by atoms with Gasteiger partial charge in [-0.2, -0.15) is 0 Å². The molecular formula is C20H25NO6S. The summed E-state index contributed by atoms with van der Waals surface area (Å²) in [6.45, 7) is 3.90. The van der Waals surface area contributed by atoms with Crippen molar-refractivity contribution < 1.29 is 27.4 Å². The third-order valence-corrected chi connectivity index (χ3v) is 5.53. The van der Waals surface area contributed by atoms with Gasteiger partial charge in [0.1, 0.15) is 0 Å². The van der Waals surface area contributed by atoms with Crippen LogP contribution < -0.4 is 14.2 Å². The molecule has 2 rings (SSSR count). The number of carbonyl (C=O) groups excluding carboxylic acids is 1. The molecule has 0 saturated heterocycles. The van der Waals surface area contributed by atoms with E-state index in [2.05, 4.69) is 4.72 Å². The molecule has 0 aliphatic carbocycles. The minimum Gasteiger partial charge on any atom is -0.493 e. The second kappa shape index (κ2) is 9.45. The Bertz CT molecular complexity index is 922. The van der Waals surface area contributed by atoms with Crippen LogP contribution >= 0.6 is 0 Å². The molecule has 0 unspecified atom stereocenters. The second-order valence-electron chi connectivity index (χ2n) is 6.09. The summed E-state index contributed by atoms with van der Waals surface area (Å²) in [5.41, 5.74) is 1.89. The molecule has 8 heteroatoms. The molecule has 0 saturated carbocycles. The lowest BCUT2D eigenvalue weighted by Gasteiger charge is -2.16. The highest BCUT2D eigenvalue weighted by molar-refractivity contribution is 7.92. The van der Waals surface area contributed by atoms with Crippen molar-refractivity contribution >= 4 is 21.7 Å². The number of sulfonamides is 1. The Labute approximate surface area is 165 Å². The lowest BCUT2D eigenvalue weighted by molar-refractivity contribution is -0.143. The zero-order chi connectivity index (χ0) is 20.7. The van der Waals surface area contributed by atoms with Crippen LogP contribution in [0.5, 0.6) is 11.5 Å². The van der Waals surface area contributed by atoms with E-state index < -0.39 is 16.0 Å². The molecule has 0 bridgehead atoms. The predicted molar refractivity (Wildman–Crippen MR) is 106 cm³/mol. The van der Waals surface area contributed by atoms with E-state index in [0.717, 1.165) is 5.56 Å². The van der Waals surface area contributed by atoms with E-state index >= 15 is 0 Å². The Balaban J connectivity index is 2.43. The average molecular weight is 407 g/mol. The van der Waals surface area contributed by atoms with Crippen molar-refractivity contribution in [1.82, 2.24) is 0 Å². The molecule has 0 atom stereocenters. The highest BCUT2D eigenvalue weighted by Gasteiger charge is 2.23. The number of anilines is 1. The van der Waals surface area contributed by atoms with E-state index in [9.17, 15) is 13.2 Å². The van der Waals surface area contributed by atoms with Gasteiger partial charge in [-0.15, -0.1) is 0 Å². The molecular weight excluding hydrogens is 382 g/mol. The molecule has 0 heterocycles. The van der Waals surface area contributed by atoms with Crippen molar-refractivity contribution in [3.8, 4) is 11.5 Å². The van der Waals surface area contributed by atoms with Gasteiger partial charge in [0.25, 0.3) is 10.0 Å². The highest BCUT2D eigenvalue weighted by Crippen LogP contribution is 2.34. The summed E-state index contributed by atoms with van der Waals surface area (Å²) in [6, 6.07) is 9.97. The minimum atomic E-state index is -3.91. The van der Waals surface area contributed by atoms with Gasteiger partial charge in [0.2, 0.25) is 0 Å². The van der Waals surface area contributed by atoms with E-state index in [0.29, 0.717) is 17.0 Å². The summed E-state index contributed by atoms with van der Waals surface area (Å²) in [6.07, 6.45) is 0.236. The molecule has 0 aromatic heterocycles. The number of esters is 1. The van der Waals surface area contributed by atoms with Gasteiger partial charge in [0.15, 0.2) is 11.5 Å². The molecule has 0 radical (unpaired) electrons. The first-order valence-corrected chi connectivity index (χ1v) is 10.3. The SMILES string of the molecule is CCOC(=O)CCc1cc(OC)c(OC)cc1S(=O)(=O)Nc1ccc(C)cc1. The number of rotatable bonds is 9. The van der Waals surface area contributed by atoms with E-state index in [1.807, 2.05) is 19.1 Å². The Morgan fingerprint density at radius 1 is 1.04 bits per heavy atom. The largest absolute Gasteiger partial charge is 0.493 e. The number of hydrogen-bond acceptors (Lipinski definition) is 6. The maximum atomic E-state index is 13.0. The topological polar surface area (TPSA) is 90.9 Å². The molecule has 7 nitrogen and oxygen atoms in total. The predicted octanol–water partition coefficient (Wildman–Crippen LogP) is 3.31. The van der Waals surface area contributed by atoms with Crippen LogP contribution in [0.3, 0.4) is 0 Å². The molecule has 1 N–H and O–H groups in total. The quantitative estimate of drug-likeness (QED) is 0.642. The zero-order valence-electron chi connectivity index (χ0n) is 16.4. The zero-order valence-corrected chi connectivity index (χ0v) is 17.3. The van der Waals surface area contributed by atoms with Crippen molar-refractivity contribution in [3.63, 3.8) is 0 Å². The van der Waals surface area contributed by atoms with Gasteiger partial charge in [-0.3, -0.25) is 9.52 Å². The van der Waals surface area contributed by atoms with Crippen LogP contribution in [-0.2, 0) is 26.0 Å². The first-order valence-electron chi connectivity index (χ1n) is 8.80. The maximum absolute atomic E-state index is 13.0. The van der Waals surface area contributed by atoms with Crippen molar-refractivity contribution in [2.75, 3.05) is 25.5 Å². The average Bonchev–Trinajstić information content (AvgIpc) is 2.67. The Morgan fingerprint density at radius 2 is 1.64 bits per heavy atom. The van der Waals surface area contributed by atoms with Crippen LogP contribution in [0.4, 0.5) is 5.69 Å². The van der Waals surface area contributed by atoms with Gasteiger partial charge in [-0.05, 0) is 44.0 Å². The normalized spacial score (nSPS) is 11.0. The number of nitrogens with one attached hydrogen (secondary N) is 1. The van der Waals surface area contributed by atoms with Crippen LogP contribution in [0.1, 0.15) is 24.5 Å². The standard InChI is InChI=1S/C20H25NO6S/c1-5-27-20(22)11-8-15-12-17(25-3)18(26-4)13-19(15)28(23,24)21-16-9-6-14(2)7-10-16/h6-7,9-10,12-13,21H,5,8,11H2,1-4H3. The van der Waals surface area contributed by atoms with E-state index in [-0.39, 0.29) is 30.1 Å². The molecule has 2 aromatic rings. The summed E-state index contributed by atoms with van der Waals surface area (Å²) in [4.78, 5) is 11.8. The fourth-order valence-electron chi connectivity index (χ4n) is 2.65. The second-order valence-corrected chi connectivity index (χ2v) is 7.74. The summed E-state index contributed by atoms with van der Waals surface area (Å²) in [7, 11) is -1.02. The maximum Gasteiger partial charge on any atom is 0.306 e. The third-order valence-electron chi connectivity index (χ3n) is 4.06. The smallest absolute Gasteiger partial charge is 0.306 e. The van der Waals surface area contributed by atoms with Gasteiger partial charge >= 0.3 is 5.97 Å². The summed E-state index contributed by atoms with van der Waals surface area (Å²) >= 11 is 0. The first kappa shape index (κ1) is 21.6. The molecule has 152 valence electrons. The van der Waals surface area contributed by atoms with Gasteiger partial charge in [-0.25, -0.2) is 8.42 Å². The summed E-state index contributed by atoms with van der Waals surface area (Å²) in [5.74, 6) is 0.273. The fourth-order valence-corrected chi connectivity index (χ4v) is 3.97. The highest BCUT2D eigenvalue weighted by atomic mass is 32.2. The van der Waals surface area contributed by atoms with Gasteiger partial charge in [-0.1, -0.05) is 17.7 Å². The Hall–Kier alpha value is -2.74. The van der Waals surface area contributed by atoms with Crippen molar-refractivity contribution in [3.05, 3.63) is 47.5 Å². The summed E-state index contributed by atoms with van der Waals surface area (Å²) in [5, 5.41) is 0. The van der Waals surface area contributed by atoms with E-state index in [1.54, 1.807) is 25.1 Å². The Kier molecular flexibility index (Phi) is 7.28. The fraction of sp³-hybridized carbons (Fsp3) is 0.350. The van der Waals surface area contributed by atoms with Crippen LogP contribution in [0.15, 0.2) is 41.3 Å². The molecule has 0 aliphatic heterocycles. The van der Waals surface area contributed by atoms with Gasteiger partial charge in [0, 0.05) is 18.2 Å². The summed E-state index contributed by atoms with van der Waals surface area (Å²) < 4.78 is 44.1. The number of methoxy groups -OCH3 is 2. The molecule has 0 fully saturated rings. The number of hydrogen-bond donors (Lipinski definition) is 1. The van der Waals surface area contributed by atoms with Gasteiger partial charge < -0.3 is 14.2 Å². The number of benzene rings is 2. The van der Waals surface area contributed by atoms with Crippen LogP contribution in [0.25, 0.3) is 0 Å². The molecule has 2 aromatic carbocycles. The lowest BCUT2D eigenvalue weighted by atomic mass is 10.1. The van der Waals surface area contributed by atoms with Crippen molar-refractivity contribution in [2.45, 2.75) is 31.6 Å². The minimum absolute atomic E-state index is 0.0232. The van der Waals surface area contributed by atoms with Crippen molar-refractivity contribution in [1.29, 1.82) is 0 Å². The van der Waals surface area contributed by atoms with E-state index in [4.69, 9.17) is 14.2 Å². The van der Waals surface area contributed by atoms with Crippen LogP contribution in [0.2, 0.25) is 0 Å². The molecule has 0 spiro atoms. The van der Waals surface area contributed by atoms with E-state index in [1.165, 1.54) is 20.3 Å². The van der Waals surface area contributed by atoms with Crippen molar-refractivity contribution in [2.24, 2.45) is 0 Å². The first-order chi connectivity index (χ1) is 13.3. The Morgan fingerprint density at radius 3 is 2.21 bits per heavy atom. The number of carbonyl (C=O) groups is 1. The van der Waals surface area contributed by atoms with Crippen LogP contribution in [-0.4, -0.2) is 35.2 Å². The number of ether oxygens (including phenoxy) is 3. The van der Waals surface area contributed by atoms with Gasteiger partial charge in [0.05, 0.1) is 25.7 Å². The number of aryl methyl sites for hydroxylation is 2. The lowest BCUT2D eigenvalue weighted by Crippen LogP contribution is -2.16. The van der Waals surface area contributed by atoms with Crippen LogP contribution in [0, 0.1) is 6.92 Å². The molecule has 0 aliphatic rings. The molecule has 0 amide bonds. The molecule has 28 heavy (non-hydrogen) atoms. The monoisotopic (exact) mass is 407 g/mol.